The third-order valence-electron chi connectivity index (χ3n) is 3.15. The molecule has 0 saturated carbocycles. The zero-order chi connectivity index (χ0) is 15.2. The number of aromatic nitrogens is 1. The summed E-state index contributed by atoms with van der Waals surface area (Å²) < 4.78 is 16.3. The van der Waals surface area contributed by atoms with Crippen molar-refractivity contribution in [2.24, 2.45) is 5.73 Å². The van der Waals surface area contributed by atoms with E-state index in [1.165, 1.54) is 0 Å². The van der Waals surface area contributed by atoms with E-state index in [2.05, 4.69) is 4.98 Å². The lowest BCUT2D eigenvalue weighted by atomic mass is 10.1. The second-order valence-corrected chi connectivity index (χ2v) is 4.64. The largest absolute Gasteiger partial charge is 0.493 e. The highest BCUT2D eigenvalue weighted by atomic mass is 16.5. The van der Waals surface area contributed by atoms with Crippen molar-refractivity contribution < 1.29 is 14.2 Å². The second kappa shape index (κ2) is 6.95. The molecular weight excluding hydrogens is 268 g/mol. The van der Waals surface area contributed by atoms with Crippen molar-refractivity contribution in [1.82, 2.24) is 4.98 Å². The molecule has 0 bridgehead atoms. The third-order valence-corrected chi connectivity index (χ3v) is 3.15. The number of rotatable bonds is 6. The Balaban J connectivity index is 2.09. The molecule has 5 nitrogen and oxygen atoms in total. The lowest BCUT2D eigenvalue weighted by Gasteiger charge is -2.13. The Hall–Kier alpha value is -2.27. The van der Waals surface area contributed by atoms with Crippen molar-refractivity contribution in [1.29, 1.82) is 0 Å². The van der Waals surface area contributed by atoms with Crippen LogP contribution in [0.2, 0.25) is 0 Å². The Kier molecular flexibility index (Phi) is 5.00. The van der Waals surface area contributed by atoms with Crippen LogP contribution in [0, 0.1) is 0 Å². The lowest BCUT2D eigenvalue weighted by molar-refractivity contribution is 0.284. The monoisotopic (exact) mass is 288 g/mol. The molecule has 2 N–H and O–H groups in total. The van der Waals surface area contributed by atoms with Crippen LogP contribution in [0.25, 0.3) is 0 Å². The number of hydrogen-bond acceptors (Lipinski definition) is 5. The number of methoxy groups -OCH3 is 2. The van der Waals surface area contributed by atoms with Crippen LogP contribution in [0.1, 0.15) is 24.2 Å². The summed E-state index contributed by atoms with van der Waals surface area (Å²) in [7, 11) is 3.18. The predicted molar refractivity (Wildman–Crippen MR) is 80.7 cm³/mol. The van der Waals surface area contributed by atoms with Crippen molar-refractivity contribution >= 4 is 0 Å². The van der Waals surface area contributed by atoms with Crippen LogP contribution in [0.15, 0.2) is 36.5 Å². The summed E-state index contributed by atoms with van der Waals surface area (Å²) in [5.41, 5.74) is 7.57. The van der Waals surface area contributed by atoms with E-state index in [1.54, 1.807) is 26.5 Å². The first-order valence-corrected chi connectivity index (χ1v) is 6.70. The minimum atomic E-state index is 0.0131. The van der Waals surface area contributed by atoms with Gasteiger partial charge in [0.2, 0.25) is 0 Å². The summed E-state index contributed by atoms with van der Waals surface area (Å²) in [6.07, 6.45) is 1.67. The molecule has 5 heteroatoms. The van der Waals surface area contributed by atoms with Gasteiger partial charge in [0.05, 0.1) is 14.2 Å². The molecule has 0 aliphatic rings. The van der Waals surface area contributed by atoms with E-state index in [0.29, 0.717) is 23.8 Å². The van der Waals surface area contributed by atoms with Crippen LogP contribution in [-0.2, 0) is 6.61 Å². The Labute approximate surface area is 124 Å². The third kappa shape index (κ3) is 3.64. The van der Waals surface area contributed by atoms with Gasteiger partial charge in [-0.05, 0) is 24.6 Å². The van der Waals surface area contributed by atoms with Gasteiger partial charge in [0, 0.05) is 18.3 Å². The van der Waals surface area contributed by atoms with Crippen molar-refractivity contribution in [3.63, 3.8) is 0 Å². The SMILES string of the molecule is COc1ccnc(COc2ccc([C@H](C)N)cc2)c1OC. The standard InChI is InChI=1S/C16H20N2O3/c1-11(17)12-4-6-13(7-5-12)21-10-14-16(20-3)15(19-2)8-9-18-14/h4-9,11H,10,17H2,1-3H3/t11-/m0/s1. The number of nitrogens with zero attached hydrogens (tertiary/aromatic N) is 1. The van der Waals surface area contributed by atoms with Gasteiger partial charge in [-0.25, -0.2) is 0 Å². The number of benzene rings is 1. The average molecular weight is 288 g/mol. The lowest BCUT2D eigenvalue weighted by Crippen LogP contribution is -2.05. The molecular formula is C16H20N2O3. The fraction of sp³-hybridized carbons (Fsp3) is 0.312. The Morgan fingerprint density at radius 2 is 1.81 bits per heavy atom. The topological polar surface area (TPSA) is 66.6 Å². The zero-order valence-corrected chi connectivity index (χ0v) is 12.5. The van der Waals surface area contributed by atoms with E-state index >= 15 is 0 Å². The van der Waals surface area contributed by atoms with Gasteiger partial charge < -0.3 is 19.9 Å². The van der Waals surface area contributed by atoms with Crippen LogP contribution in [0.3, 0.4) is 0 Å². The summed E-state index contributed by atoms with van der Waals surface area (Å²) in [6, 6.07) is 9.46. The first-order chi connectivity index (χ1) is 10.2. The maximum Gasteiger partial charge on any atom is 0.185 e. The fourth-order valence-electron chi connectivity index (χ4n) is 1.97. The van der Waals surface area contributed by atoms with E-state index < -0.39 is 0 Å². The smallest absolute Gasteiger partial charge is 0.185 e. The first kappa shape index (κ1) is 15.1. The normalized spacial score (nSPS) is 11.8. The minimum absolute atomic E-state index is 0.0131. The number of nitrogens with two attached hydrogens (primary N) is 1. The molecule has 0 amide bonds. The summed E-state index contributed by atoms with van der Waals surface area (Å²) in [4.78, 5) is 4.27. The van der Waals surface area contributed by atoms with Gasteiger partial charge in [-0.2, -0.15) is 0 Å². The molecule has 0 fully saturated rings. The van der Waals surface area contributed by atoms with Gasteiger partial charge in [0.15, 0.2) is 11.5 Å². The summed E-state index contributed by atoms with van der Waals surface area (Å²) in [5.74, 6) is 1.98. The van der Waals surface area contributed by atoms with E-state index in [4.69, 9.17) is 19.9 Å². The predicted octanol–water partition coefficient (Wildman–Crippen LogP) is 2.70. The number of hydrogen-bond donors (Lipinski definition) is 1. The van der Waals surface area contributed by atoms with Gasteiger partial charge in [0.25, 0.3) is 0 Å². The number of ether oxygens (including phenoxy) is 3. The quantitative estimate of drug-likeness (QED) is 0.885. The molecule has 2 rings (SSSR count). The molecule has 0 aliphatic carbocycles. The van der Waals surface area contributed by atoms with Gasteiger partial charge in [0.1, 0.15) is 18.1 Å². The van der Waals surface area contributed by atoms with Crippen molar-refractivity contribution in [2.75, 3.05) is 14.2 Å². The summed E-state index contributed by atoms with van der Waals surface area (Å²) in [6.45, 7) is 2.25. The highest BCUT2D eigenvalue weighted by molar-refractivity contribution is 5.42. The average Bonchev–Trinajstić information content (AvgIpc) is 2.52. The molecule has 0 spiro atoms. The molecule has 0 saturated heterocycles. The van der Waals surface area contributed by atoms with Crippen molar-refractivity contribution in [2.45, 2.75) is 19.6 Å². The Morgan fingerprint density at radius 1 is 1.10 bits per heavy atom. The molecule has 0 aliphatic heterocycles. The Morgan fingerprint density at radius 3 is 2.38 bits per heavy atom. The minimum Gasteiger partial charge on any atom is -0.493 e. The molecule has 1 heterocycles. The van der Waals surface area contributed by atoms with E-state index in [0.717, 1.165) is 11.3 Å². The van der Waals surface area contributed by atoms with Gasteiger partial charge in [-0.15, -0.1) is 0 Å². The number of pyridine rings is 1. The molecule has 2 aromatic rings. The molecule has 21 heavy (non-hydrogen) atoms. The molecule has 1 atom stereocenters. The Bertz CT molecular complexity index is 583. The molecule has 1 aromatic carbocycles. The summed E-state index contributed by atoms with van der Waals surface area (Å²) >= 11 is 0. The maximum absolute atomic E-state index is 5.82. The van der Waals surface area contributed by atoms with Gasteiger partial charge in [-0.3, -0.25) is 4.98 Å². The van der Waals surface area contributed by atoms with Crippen LogP contribution in [0.4, 0.5) is 0 Å². The molecule has 1 aromatic heterocycles. The van der Waals surface area contributed by atoms with Gasteiger partial charge >= 0.3 is 0 Å². The highest BCUT2D eigenvalue weighted by Crippen LogP contribution is 2.29. The maximum atomic E-state index is 5.82. The van der Waals surface area contributed by atoms with Gasteiger partial charge in [-0.1, -0.05) is 12.1 Å². The highest BCUT2D eigenvalue weighted by Gasteiger charge is 2.11. The zero-order valence-electron chi connectivity index (χ0n) is 12.5. The summed E-state index contributed by atoms with van der Waals surface area (Å²) in [5, 5.41) is 0. The molecule has 112 valence electrons. The van der Waals surface area contributed by atoms with Crippen LogP contribution in [0.5, 0.6) is 17.2 Å². The fourth-order valence-corrected chi connectivity index (χ4v) is 1.97. The van der Waals surface area contributed by atoms with Crippen LogP contribution < -0.4 is 19.9 Å². The van der Waals surface area contributed by atoms with Crippen molar-refractivity contribution in [3.8, 4) is 17.2 Å². The van der Waals surface area contributed by atoms with E-state index in [-0.39, 0.29) is 6.04 Å². The van der Waals surface area contributed by atoms with E-state index in [1.807, 2.05) is 31.2 Å². The van der Waals surface area contributed by atoms with Crippen molar-refractivity contribution in [3.05, 3.63) is 47.8 Å². The first-order valence-electron chi connectivity index (χ1n) is 6.70. The second-order valence-electron chi connectivity index (χ2n) is 4.64. The van der Waals surface area contributed by atoms with Crippen LogP contribution in [-0.4, -0.2) is 19.2 Å². The molecule has 0 unspecified atom stereocenters. The van der Waals surface area contributed by atoms with Crippen LogP contribution >= 0.6 is 0 Å². The molecule has 0 radical (unpaired) electrons. The van der Waals surface area contributed by atoms with E-state index in [9.17, 15) is 0 Å².